The molecule has 23 heavy (non-hydrogen) atoms. The molecule has 1 saturated heterocycles. The van der Waals surface area contributed by atoms with Crippen molar-refractivity contribution < 1.29 is 44.5 Å². The van der Waals surface area contributed by atoms with Crippen molar-refractivity contribution >= 4 is 6.29 Å². The zero-order chi connectivity index (χ0) is 18.2. The Labute approximate surface area is 135 Å². The maximum absolute atomic E-state index is 10.1. The number of aliphatic hydroxyl groups is 5. The predicted molar refractivity (Wildman–Crippen MR) is 78.5 cm³/mol. The number of methoxy groups -OCH3 is 2. The quantitative estimate of drug-likeness (QED) is 0.340. The minimum Gasteiger partial charge on any atom is -0.391 e. The van der Waals surface area contributed by atoms with Gasteiger partial charge < -0.3 is 44.5 Å². The van der Waals surface area contributed by atoms with Gasteiger partial charge in [-0.25, -0.2) is 0 Å². The van der Waals surface area contributed by atoms with Crippen LogP contribution in [0.3, 0.4) is 0 Å². The van der Waals surface area contributed by atoms with E-state index in [1.165, 1.54) is 21.1 Å². The molecular weight excluding hydrogens is 312 g/mol. The standard InChI is InChI=1S/C7H14O5.C7H14O4/c1-4(9)6(11)7(12-2)5(10)3-8;1-4-7(9)5(10-2)3-6(8)11-4/h3-7,9-11H,1-2H3;4-9H,3H2,1-2H3/t2*4-,5+,6-,7-/m11/s1. The lowest BCUT2D eigenvalue weighted by atomic mass is 10.0. The molecule has 1 aliphatic rings. The van der Waals surface area contributed by atoms with Gasteiger partial charge >= 0.3 is 0 Å². The molecule has 0 unspecified atom stereocenters. The molecule has 1 fully saturated rings. The molecule has 0 spiro atoms. The Bertz CT molecular complexity index is 325. The Balaban J connectivity index is 0.000000422. The first kappa shape index (κ1) is 22.4. The van der Waals surface area contributed by atoms with Crippen LogP contribution >= 0.6 is 0 Å². The maximum atomic E-state index is 10.1. The van der Waals surface area contributed by atoms with Crippen LogP contribution in [-0.2, 0) is 19.0 Å². The fourth-order valence-corrected chi connectivity index (χ4v) is 2.09. The second kappa shape index (κ2) is 11.0. The van der Waals surface area contributed by atoms with E-state index < -0.39 is 36.8 Å². The molecule has 0 aliphatic carbocycles. The summed E-state index contributed by atoms with van der Waals surface area (Å²) in [6.07, 6.45) is -6.34. The lowest BCUT2D eigenvalue weighted by Crippen LogP contribution is -2.47. The zero-order valence-corrected chi connectivity index (χ0v) is 13.8. The molecule has 5 N–H and O–H groups in total. The van der Waals surface area contributed by atoms with Gasteiger partial charge in [0.25, 0.3) is 0 Å². The molecule has 1 heterocycles. The van der Waals surface area contributed by atoms with E-state index in [4.69, 9.17) is 24.8 Å². The Morgan fingerprint density at radius 1 is 1.22 bits per heavy atom. The van der Waals surface area contributed by atoms with Crippen molar-refractivity contribution in [2.45, 2.75) is 69.3 Å². The molecule has 9 nitrogen and oxygen atoms in total. The average molecular weight is 340 g/mol. The third-order valence-electron chi connectivity index (χ3n) is 3.55. The van der Waals surface area contributed by atoms with Gasteiger partial charge in [0.2, 0.25) is 0 Å². The second-order valence-corrected chi connectivity index (χ2v) is 5.35. The van der Waals surface area contributed by atoms with E-state index in [1.54, 1.807) is 6.92 Å². The lowest BCUT2D eigenvalue weighted by Gasteiger charge is -2.34. The molecule has 1 rings (SSSR count). The first-order chi connectivity index (χ1) is 10.7. The Hall–Kier alpha value is -0.650. The highest BCUT2D eigenvalue weighted by Crippen LogP contribution is 2.20. The molecule has 1 aliphatic heterocycles. The molecule has 0 amide bonds. The van der Waals surface area contributed by atoms with Crippen LogP contribution in [0, 0.1) is 0 Å². The van der Waals surface area contributed by atoms with Gasteiger partial charge in [0.15, 0.2) is 12.6 Å². The first-order valence-electron chi connectivity index (χ1n) is 7.26. The van der Waals surface area contributed by atoms with Crippen molar-refractivity contribution in [3.8, 4) is 0 Å². The van der Waals surface area contributed by atoms with Gasteiger partial charge in [0.1, 0.15) is 24.4 Å². The van der Waals surface area contributed by atoms with Crippen molar-refractivity contribution in [2.24, 2.45) is 0 Å². The van der Waals surface area contributed by atoms with E-state index in [2.05, 4.69) is 4.74 Å². The summed E-state index contributed by atoms with van der Waals surface area (Å²) in [5, 5.41) is 45.6. The number of hydrogen-bond acceptors (Lipinski definition) is 9. The number of hydrogen-bond donors (Lipinski definition) is 5. The second-order valence-electron chi connectivity index (χ2n) is 5.35. The Morgan fingerprint density at radius 2 is 1.78 bits per heavy atom. The van der Waals surface area contributed by atoms with Gasteiger partial charge in [0, 0.05) is 20.6 Å². The van der Waals surface area contributed by atoms with Crippen molar-refractivity contribution in [3.05, 3.63) is 0 Å². The molecule has 0 aromatic heterocycles. The smallest absolute Gasteiger partial charge is 0.157 e. The Kier molecular flexibility index (Phi) is 10.7. The molecule has 0 radical (unpaired) electrons. The third-order valence-corrected chi connectivity index (χ3v) is 3.55. The van der Waals surface area contributed by atoms with E-state index >= 15 is 0 Å². The van der Waals surface area contributed by atoms with E-state index in [9.17, 15) is 15.0 Å². The highest BCUT2D eigenvalue weighted by atomic mass is 16.6. The highest BCUT2D eigenvalue weighted by Gasteiger charge is 2.34. The minimum absolute atomic E-state index is 0.250. The van der Waals surface area contributed by atoms with Crippen LogP contribution in [0.15, 0.2) is 0 Å². The summed E-state index contributed by atoms with van der Waals surface area (Å²) in [7, 11) is 2.75. The summed E-state index contributed by atoms with van der Waals surface area (Å²) >= 11 is 0. The SMILES string of the molecule is CO[C@@H]([C@H](O)[C@@H](C)O)[C@@H](O)C=O.CO[C@H]1C[C@H](O)O[C@H](C)[C@H]1O. The van der Waals surface area contributed by atoms with Crippen LogP contribution < -0.4 is 0 Å². The Morgan fingerprint density at radius 3 is 2.17 bits per heavy atom. The largest absolute Gasteiger partial charge is 0.391 e. The monoisotopic (exact) mass is 340 g/mol. The normalized spacial score (nSPS) is 32.9. The molecule has 9 heteroatoms. The molecule has 0 bridgehead atoms. The van der Waals surface area contributed by atoms with Crippen LogP contribution in [0.25, 0.3) is 0 Å². The van der Waals surface area contributed by atoms with Gasteiger partial charge in [-0.05, 0) is 13.8 Å². The van der Waals surface area contributed by atoms with E-state index in [1.807, 2.05) is 0 Å². The van der Waals surface area contributed by atoms with E-state index in [0.29, 0.717) is 6.42 Å². The van der Waals surface area contributed by atoms with Gasteiger partial charge in [-0.15, -0.1) is 0 Å². The zero-order valence-electron chi connectivity index (χ0n) is 13.8. The summed E-state index contributed by atoms with van der Waals surface area (Å²) in [5.74, 6) is 0. The molecule has 138 valence electrons. The number of carbonyl (C=O) groups excluding carboxylic acids is 1. The minimum atomic E-state index is -1.42. The topological polar surface area (TPSA) is 146 Å². The number of rotatable bonds is 6. The first-order valence-corrected chi connectivity index (χ1v) is 7.26. The molecule has 0 aromatic carbocycles. The summed E-state index contributed by atoms with van der Waals surface area (Å²) in [5.41, 5.74) is 0. The number of aldehydes is 1. The maximum Gasteiger partial charge on any atom is 0.157 e. The van der Waals surface area contributed by atoms with Crippen molar-refractivity contribution in [1.82, 2.24) is 0 Å². The third kappa shape index (κ3) is 7.19. The summed E-state index contributed by atoms with van der Waals surface area (Å²) < 4.78 is 14.5. The lowest BCUT2D eigenvalue weighted by molar-refractivity contribution is -0.231. The van der Waals surface area contributed by atoms with Gasteiger partial charge in [-0.1, -0.05) is 0 Å². The van der Waals surface area contributed by atoms with Crippen molar-refractivity contribution in [1.29, 1.82) is 0 Å². The fraction of sp³-hybridized carbons (Fsp3) is 0.929. The van der Waals surface area contributed by atoms with Crippen LogP contribution in [0.5, 0.6) is 0 Å². The molecule has 0 saturated carbocycles. The van der Waals surface area contributed by atoms with E-state index in [-0.39, 0.29) is 18.5 Å². The van der Waals surface area contributed by atoms with Crippen LogP contribution in [-0.4, -0.2) is 95.1 Å². The van der Waals surface area contributed by atoms with Crippen LogP contribution in [0.1, 0.15) is 20.3 Å². The molecule has 8 atom stereocenters. The summed E-state index contributed by atoms with van der Waals surface area (Å²) in [6.45, 7) is 3.05. The average Bonchev–Trinajstić information content (AvgIpc) is 2.51. The number of carbonyl (C=O) groups is 1. The van der Waals surface area contributed by atoms with Gasteiger partial charge in [-0.3, -0.25) is 0 Å². The van der Waals surface area contributed by atoms with Crippen LogP contribution in [0.2, 0.25) is 0 Å². The number of ether oxygens (including phenoxy) is 3. The summed E-state index contributed by atoms with van der Waals surface area (Å²) in [6, 6.07) is 0. The number of aliphatic hydroxyl groups excluding tert-OH is 5. The van der Waals surface area contributed by atoms with Gasteiger partial charge in [-0.2, -0.15) is 0 Å². The van der Waals surface area contributed by atoms with Gasteiger partial charge in [0.05, 0.1) is 18.3 Å². The van der Waals surface area contributed by atoms with E-state index in [0.717, 1.165) is 0 Å². The summed E-state index contributed by atoms with van der Waals surface area (Å²) in [4.78, 5) is 10.1. The molecular formula is C14H28O9. The van der Waals surface area contributed by atoms with Crippen molar-refractivity contribution in [3.63, 3.8) is 0 Å². The fourth-order valence-electron chi connectivity index (χ4n) is 2.09. The molecule has 0 aromatic rings. The predicted octanol–water partition coefficient (Wildman–Crippen LogP) is -2.21. The van der Waals surface area contributed by atoms with Crippen molar-refractivity contribution in [2.75, 3.05) is 14.2 Å². The highest BCUT2D eigenvalue weighted by molar-refractivity contribution is 5.56. The van der Waals surface area contributed by atoms with Crippen LogP contribution in [0.4, 0.5) is 0 Å².